The number of aromatic nitrogens is 5. The molecule has 0 saturated heterocycles. The van der Waals surface area contributed by atoms with Gasteiger partial charge < -0.3 is 5.32 Å². The second kappa shape index (κ2) is 7.36. The lowest BCUT2D eigenvalue weighted by molar-refractivity contribution is -0.115. The standard InChI is InChI=1S/C20H17ClN6O/c1-12-17(10-18(28)24-16-7-5-15(21)6-8-16)13(2)27-20(23-12)25-19(26-27)14-4-3-9-22-11-14/h3-9,11H,10H2,1-2H3,(H,24,28). The van der Waals surface area contributed by atoms with Gasteiger partial charge in [0.25, 0.3) is 5.78 Å². The van der Waals surface area contributed by atoms with E-state index in [0.29, 0.717) is 22.3 Å². The third kappa shape index (κ3) is 3.57. The number of fused-ring (bicyclic) bond motifs is 1. The highest BCUT2D eigenvalue weighted by Crippen LogP contribution is 2.19. The first-order valence-corrected chi connectivity index (χ1v) is 9.08. The van der Waals surface area contributed by atoms with Crippen molar-refractivity contribution in [3.63, 3.8) is 0 Å². The molecular weight excluding hydrogens is 376 g/mol. The molecule has 1 N–H and O–H groups in total. The third-order valence-electron chi connectivity index (χ3n) is 4.43. The normalized spacial score (nSPS) is 11.0. The van der Waals surface area contributed by atoms with Gasteiger partial charge in [-0.05, 0) is 50.2 Å². The lowest BCUT2D eigenvalue weighted by atomic mass is 10.1. The molecule has 0 aliphatic rings. The number of anilines is 1. The van der Waals surface area contributed by atoms with Gasteiger partial charge in [0.1, 0.15) is 0 Å². The number of halogens is 1. The molecule has 0 aliphatic heterocycles. The van der Waals surface area contributed by atoms with Gasteiger partial charge in [-0.1, -0.05) is 11.6 Å². The number of amides is 1. The van der Waals surface area contributed by atoms with E-state index in [2.05, 4.69) is 25.4 Å². The molecule has 0 spiro atoms. The number of rotatable bonds is 4. The third-order valence-corrected chi connectivity index (χ3v) is 4.69. The van der Waals surface area contributed by atoms with Crippen LogP contribution in [0.4, 0.5) is 5.69 Å². The molecule has 0 bridgehead atoms. The van der Waals surface area contributed by atoms with Crippen molar-refractivity contribution >= 4 is 29.0 Å². The number of hydrogen-bond acceptors (Lipinski definition) is 5. The maximum atomic E-state index is 12.5. The van der Waals surface area contributed by atoms with Crippen LogP contribution in [0.5, 0.6) is 0 Å². The maximum Gasteiger partial charge on any atom is 0.253 e. The molecular formula is C20H17ClN6O. The second-order valence-corrected chi connectivity index (χ2v) is 6.82. The van der Waals surface area contributed by atoms with E-state index < -0.39 is 0 Å². The van der Waals surface area contributed by atoms with Crippen LogP contribution in [-0.4, -0.2) is 30.5 Å². The van der Waals surface area contributed by atoms with Gasteiger partial charge in [0.05, 0.1) is 6.42 Å². The molecule has 0 unspecified atom stereocenters. The molecule has 0 saturated carbocycles. The smallest absolute Gasteiger partial charge is 0.253 e. The first-order valence-electron chi connectivity index (χ1n) is 8.70. The monoisotopic (exact) mass is 392 g/mol. The zero-order valence-corrected chi connectivity index (χ0v) is 16.1. The highest BCUT2D eigenvalue weighted by Gasteiger charge is 2.17. The van der Waals surface area contributed by atoms with Crippen molar-refractivity contribution in [2.75, 3.05) is 5.32 Å². The minimum absolute atomic E-state index is 0.137. The molecule has 3 heterocycles. The van der Waals surface area contributed by atoms with Crippen LogP contribution in [0.3, 0.4) is 0 Å². The van der Waals surface area contributed by atoms with E-state index >= 15 is 0 Å². The van der Waals surface area contributed by atoms with Crippen LogP contribution in [-0.2, 0) is 11.2 Å². The zero-order chi connectivity index (χ0) is 19.7. The molecule has 4 rings (SSSR count). The van der Waals surface area contributed by atoms with Crippen LogP contribution in [0.2, 0.25) is 5.02 Å². The fourth-order valence-corrected chi connectivity index (χ4v) is 3.11. The Morgan fingerprint density at radius 1 is 1.14 bits per heavy atom. The molecule has 0 fully saturated rings. The van der Waals surface area contributed by atoms with Gasteiger partial charge in [-0.25, -0.2) is 9.50 Å². The molecule has 1 amide bonds. The molecule has 8 heteroatoms. The van der Waals surface area contributed by atoms with Gasteiger partial charge in [0.15, 0.2) is 5.82 Å². The summed E-state index contributed by atoms with van der Waals surface area (Å²) in [6.45, 7) is 3.78. The molecule has 140 valence electrons. The van der Waals surface area contributed by atoms with Gasteiger partial charge in [0, 0.05) is 45.6 Å². The van der Waals surface area contributed by atoms with E-state index in [4.69, 9.17) is 11.6 Å². The number of nitrogens with zero attached hydrogens (tertiary/aromatic N) is 5. The van der Waals surface area contributed by atoms with E-state index in [9.17, 15) is 4.79 Å². The zero-order valence-electron chi connectivity index (χ0n) is 15.3. The summed E-state index contributed by atoms with van der Waals surface area (Å²) in [5.74, 6) is 0.906. The van der Waals surface area contributed by atoms with Gasteiger partial charge in [-0.15, -0.1) is 5.10 Å². The summed E-state index contributed by atoms with van der Waals surface area (Å²) < 4.78 is 1.67. The van der Waals surface area contributed by atoms with Crippen molar-refractivity contribution in [3.8, 4) is 11.4 Å². The lowest BCUT2D eigenvalue weighted by Crippen LogP contribution is -2.17. The lowest BCUT2D eigenvalue weighted by Gasteiger charge is -2.11. The second-order valence-electron chi connectivity index (χ2n) is 6.38. The van der Waals surface area contributed by atoms with Gasteiger partial charge >= 0.3 is 0 Å². The van der Waals surface area contributed by atoms with Gasteiger partial charge in [0.2, 0.25) is 5.91 Å². The van der Waals surface area contributed by atoms with Crippen LogP contribution < -0.4 is 5.32 Å². The molecule has 1 aromatic carbocycles. The number of carbonyl (C=O) groups excluding carboxylic acids is 1. The molecule has 4 aromatic rings. The van der Waals surface area contributed by atoms with Crippen LogP contribution in [0.1, 0.15) is 17.0 Å². The Balaban J connectivity index is 1.63. The summed E-state index contributed by atoms with van der Waals surface area (Å²) in [5.41, 5.74) is 3.91. The average molecular weight is 393 g/mol. The van der Waals surface area contributed by atoms with Crippen LogP contribution >= 0.6 is 11.6 Å². The summed E-state index contributed by atoms with van der Waals surface area (Å²) in [6.07, 6.45) is 3.59. The van der Waals surface area contributed by atoms with Crippen molar-refractivity contribution < 1.29 is 4.79 Å². The van der Waals surface area contributed by atoms with Crippen LogP contribution in [0.25, 0.3) is 17.2 Å². The fraction of sp³-hybridized carbons (Fsp3) is 0.150. The van der Waals surface area contributed by atoms with Crippen molar-refractivity contribution in [1.29, 1.82) is 0 Å². The Hall–Kier alpha value is -3.32. The minimum Gasteiger partial charge on any atom is -0.326 e. The van der Waals surface area contributed by atoms with Crippen molar-refractivity contribution in [2.45, 2.75) is 20.3 Å². The van der Waals surface area contributed by atoms with E-state index in [1.165, 1.54) is 0 Å². The van der Waals surface area contributed by atoms with E-state index in [1.54, 1.807) is 41.2 Å². The first kappa shape index (κ1) is 18.1. The number of carbonyl (C=O) groups is 1. The molecule has 3 aromatic heterocycles. The van der Waals surface area contributed by atoms with E-state index in [0.717, 1.165) is 22.5 Å². The summed E-state index contributed by atoms with van der Waals surface area (Å²) in [6, 6.07) is 10.7. The number of hydrogen-bond donors (Lipinski definition) is 1. The summed E-state index contributed by atoms with van der Waals surface area (Å²) in [5, 5.41) is 8.03. The Labute approximate surface area is 166 Å². The Morgan fingerprint density at radius 2 is 1.93 bits per heavy atom. The summed E-state index contributed by atoms with van der Waals surface area (Å²) in [4.78, 5) is 25.6. The maximum absolute atomic E-state index is 12.5. The number of pyridine rings is 1. The quantitative estimate of drug-likeness (QED) is 0.573. The molecule has 0 aliphatic carbocycles. The van der Waals surface area contributed by atoms with Gasteiger partial charge in [-0.3, -0.25) is 9.78 Å². The van der Waals surface area contributed by atoms with E-state index in [-0.39, 0.29) is 12.3 Å². The minimum atomic E-state index is -0.137. The first-order chi connectivity index (χ1) is 13.5. The number of aryl methyl sites for hydroxylation is 2. The Bertz CT molecular complexity index is 1160. The topological polar surface area (TPSA) is 85.1 Å². The van der Waals surface area contributed by atoms with Crippen molar-refractivity contribution in [2.24, 2.45) is 0 Å². The molecule has 7 nitrogen and oxygen atoms in total. The highest BCUT2D eigenvalue weighted by atomic mass is 35.5. The predicted molar refractivity (Wildman–Crippen MR) is 107 cm³/mol. The average Bonchev–Trinajstić information content (AvgIpc) is 3.12. The Morgan fingerprint density at radius 3 is 2.64 bits per heavy atom. The molecule has 28 heavy (non-hydrogen) atoms. The fourth-order valence-electron chi connectivity index (χ4n) is 2.98. The largest absolute Gasteiger partial charge is 0.326 e. The predicted octanol–water partition coefficient (Wildman–Crippen LogP) is 3.64. The van der Waals surface area contributed by atoms with Gasteiger partial charge in [-0.2, -0.15) is 4.98 Å². The summed E-state index contributed by atoms with van der Waals surface area (Å²) >= 11 is 5.88. The molecule has 0 radical (unpaired) electrons. The number of benzene rings is 1. The van der Waals surface area contributed by atoms with Crippen molar-refractivity contribution in [1.82, 2.24) is 24.6 Å². The van der Waals surface area contributed by atoms with Crippen molar-refractivity contribution in [3.05, 3.63) is 70.8 Å². The van der Waals surface area contributed by atoms with E-state index in [1.807, 2.05) is 26.0 Å². The Kier molecular flexibility index (Phi) is 4.75. The summed E-state index contributed by atoms with van der Waals surface area (Å²) in [7, 11) is 0. The highest BCUT2D eigenvalue weighted by molar-refractivity contribution is 6.30. The van der Waals surface area contributed by atoms with Crippen LogP contribution in [0, 0.1) is 13.8 Å². The number of nitrogens with one attached hydrogen (secondary N) is 1. The SMILES string of the molecule is Cc1nc2nc(-c3cccnc3)nn2c(C)c1CC(=O)Nc1ccc(Cl)cc1. The van der Waals surface area contributed by atoms with Crippen LogP contribution in [0.15, 0.2) is 48.8 Å². The molecule has 0 atom stereocenters.